The molecule has 0 saturated heterocycles. The molecule has 0 radical (unpaired) electrons. The smallest absolute Gasteiger partial charge is 0.0843 e. The van der Waals surface area contributed by atoms with Crippen molar-refractivity contribution in [2.75, 3.05) is 6.66 Å². The summed E-state index contributed by atoms with van der Waals surface area (Å²) >= 11 is 0. The summed E-state index contributed by atoms with van der Waals surface area (Å²) in [4.78, 5) is 0. The summed E-state index contributed by atoms with van der Waals surface area (Å²) in [5.41, 5.74) is 0. The maximum atomic E-state index is 5.18. The molecule has 0 heterocycles. The van der Waals surface area contributed by atoms with E-state index in [2.05, 4.69) is 0 Å². The summed E-state index contributed by atoms with van der Waals surface area (Å²) in [5, 5.41) is 0. The molecule has 0 aliphatic rings. The van der Waals surface area contributed by atoms with Crippen LogP contribution in [-0.4, -0.2) is 6.66 Å². The van der Waals surface area contributed by atoms with Crippen molar-refractivity contribution >= 4 is 8.81 Å². The van der Waals surface area contributed by atoms with Gasteiger partial charge in [-0.05, 0) is 12.1 Å². The zero-order valence-electron chi connectivity index (χ0n) is 5.24. The lowest BCUT2D eigenvalue weighted by atomic mass is 10.3. The first-order valence-corrected chi connectivity index (χ1v) is 4.00. The molecule has 0 aromatic heterocycles. The van der Waals surface area contributed by atoms with Crippen molar-refractivity contribution in [3.05, 3.63) is 30.3 Å². The number of hydrogen-bond donors (Lipinski definition) is 0. The van der Waals surface area contributed by atoms with Gasteiger partial charge in [-0.1, -0.05) is 18.2 Å². The number of benzene rings is 1. The fourth-order valence-corrected chi connectivity index (χ4v) is 0.919. The second-order valence-electron chi connectivity index (χ2n) is 1.59. The maximum absolute atomic E-state index is 5.18. The summed E-state index contributed by atoms with van der Waals surface area (Å²) in [6, 6.07) is 9.77. The summed E-state index contributed by atoms with van der Waals surface area (Å²) in [7, 11) is 0.945. The molecule has 0 unspecified atom stereocenters. The van der Waals surface area contributed by atoms with E-state index in [0.29, 0.717) is 0 Å². The molecule has 9 heavy (non-hydrogen) atoms. The van der Waals surface area contributed by atoms with E-state index in [4.69, 9.17) is 4.52 Å². The molecule has 1 aromatic rings. The fraction of sp³-hybridized carbons (Fsp3) is 0.143. The molecule has 1 aromatic carbocycles. The van der Waals surface area contributed by atoms with Gasteiger partial charge in [0.05, 0.1) is 5.75 Å². The Bertz CT molecular complexity index is 162. The molecule has 0 atom stereocenters. The minimum absolute atomic E-state index is 0.932. The monoisotopic (exact) mass is 139 g/mol. The summed E-state index contributed by atoms with van der Waals surface area (Å²) in [5.74, 6) is 0.932. The largest absolute Gasteiger partial charge is 0.670 e. The van der Waals surface area contributed by atoms with Crippen molar-refractivity contribution in [1.29, 1.82) is 0 Å². The Morgan fingerprint density at radius 1 is 1.22 bits per heavy atom. The molecule has 2 heteroatoms. The minimum atomic E-state index is 0.932. The van der Waals surface area contributed by atoms with Crippen LogP contribution >= 0.6 is 8.81 Å². The minimum Gasteiger partial charge on any atom is -0.670 e. The van der Waals surface area contributed by atoms with Gasteiger partial charge in [0.15, 0.2) is 0 Å². The molecular formula is C7H8OP-. The second-order valence-corrected chi connectivity index (χ2v) is 2.13. The molecule has 0 spiro atoms. The van der Waals surface area contributed by atoms with Gasteiger partial charge in [0.1, 0.15) is 0 Å². The summed E-state index contributed by atoms with van der Waals surface area (Å²) in [6.07, 6.45) is 0. The van der Waals surface area contributed by atoms with E-state index >= 15 is 0 Å². The van der Waals surface area contributed by atoms with Gasteiger partial charge in [0.2, 0.25) is 0 Å². The molecule has 0 amide bonds. The van der Waals surface area contributed by atoms with E-state index in [9.17, 15) is 0 Å². The molecule has 0 fully saturated rings. The van der Waals surface area contributed by atoms with Crippen LogP contribution < -0.4 is 4.52 Å². The first kappa shape index (κ1) is 6.57. The maximum Gasteiger partial charge on any atom is 0.0843 e. The van der Waals surface area contributed by atoms with Gasteiger partial charge in [-0.3, -0.25) is 0 Å². The van der Waals surface area contributed by atoms with E-state index in [1.807, 2.05) is 37.0 Å². The van der Waals surface area contributed by atoms with Crippen LogP contribution in [0.25, 0.3) is 0 Å². The van der Waals surface area contributed by atoms with Crippen LogP contribution in [-0.2, 0) is 0 Å². The Hall–Kier alpha value is -0.550. The van der Waals surface area contributed by atoms with E-state index in [1.165, 1.54) is 0 Å². The summed E-state index contributed by atoms with van der Waals surface area (Å²) < 4.78 is 5.18. The highest BCUT2D eigenvalue weighted by molar-refractivity contribution is 7.31. The highest BCUT2D eigenvalue weighted by Crippen LogP contribution is 2.15. The standard InChI is InChI=1S/C7H8OP/c1-9-8-7-5-3-2-4-6-7/h2-6H,1H3/q-1. The lowest BCUT2D eigenvalue weighted by Gasteiger charge is -2.14. The van der Waals surface area contributed by atoms with Gasteiger partial charge < -0.3 is 13.3 Å². The lowest BCUT2D eigenvalue weighted by Crippen LogP contribution is -1.73. The third kappa shape index (κ3) is 2.03. The van der Waals surface area contributed by atoms with E-state index in [1.54, 1.807) is 0 Å². The Kier molecular flexibility index (Phi) is 2.53. The van der Waals surface area contributed by atoms with Crippen LogP contribution in [0.15, 0.2) is 30.3 Å². The van der Waals surface area contributed by atoms with Crippen molar-refractivity contribution in [3.63, 3.8) is 0 Å². The third-order valence-electron chi connectivity index (χ3n) is 0.940. The van der Waals surface area contributed by atoms with Crippen LogP contribution in [0.3, 0.4) is 0 Å². The molecule has 1 rings (SSSR count). The van der Waals surface area contributed by atoms with Crippen molar-refractivity contribution in [1.82, 2.24) is 0 Å². The lowest BCUT2D eigenvalue weighted by molar-refractivity contribution is 0.635. The predicted molar refractivity (Wildman–Crippen MR) is 39.9 cm³/mol. The molecule has 0 aliphatic heterocycles. The predicted octanol–water partition coefficient (Wildman–Crippen LogP) is 2.56. The number of para-hydroxylation sites is 1. The SMILES string of the molecule is C[P-]Oc1ccccc1. The molecule has 0 bridgehead atoms. The average Bonchev–Trinajstić information content (AvgIpc) is 1.91. The van der Waals surface area contributed by atoms with Gasteiger partial charge in [-0.25, -0.2) is 0 Å². The van der Waals surface area contributed by atoms with Crippen LogP contribution in [0.1, 0.15) is 0 Å². The number of hydrogen-bond acceptors (Lipinski definition) is 1. The van der Waals surface area contributed by atoms with Gasteiger partial charge in [-0.2, -0.15) is 6.66 Å². The first-order chi connectivity index (χ1) is 4.43. The van der Waals surface area contributed by atoms with Gasteiger partial charge in [0.25, 0.3) is 0 Å². The van der Waals surface area contributed by atoms with E-state index in [-0.39, 0.29) is 0 Å². The first-order valence-electron chi connectivity index (χ1n) is 2.74. The quantitative estimate of drug-likeness (QED) is 0.572. The van der Waals surface area contributed by atoms with Crippen LogP contribution in [0.2, 0.25) is 0 Å². The molecule has 48 valence electrons. The average molecular weight is 139 g/mol. The Balaban J connectivity index is 2.61. The van der Waals surface area contributed by atoms with Crippen molar-refractivity contribution < 1.29 is 4.52 Å². The number of rotatable bonds is 2. The van der Waals surface area contributed by atoms with Gasteiger partial charge in [0, 0.05) is 0 Å². The topological polar surface area (TPSA) is 9.23 Å². The highest BCUT2D eigenvalue weighted by atomic mass is 31.1. The zero-order valence-corrected chi connectivity index (χ0v) is 6.14. The Morgan fingerprint density at radius 3 is 2.44 bits per heavy atom. The second kappa shape index (κ2) is 3.47. The fourth-order valence-electron chi connectivity index (χ4n) is 0.587. The normalized spacial score (nSPS) is 10.3. The highest BCUT2D eigenvalue weighted by Gasteiger charge is 1.77. The zero-order chi connectivity index (χ0) is 6.53. The molecule has 0 N–H and O–H groups in total. The Morgan fingerprint density at radius 2 is 1.89 bits per heavy atom. The molecule has 0 aliphatic carbocycles. The Labute approximate surface area is 56.9 Å². The molecule has 0 saturated carbocycles. The molecular weight excluding hydrogens is 131 g/mol. The van der Waals surface area contributed by atoms with Crippen molar-refractivity contribution in [3.8, 4) is 5.75 Å². The third-order valence-corrected chi connectivity index (χ3v) is 1.33. The van der Waals surface area contributed by atoms with Crippen molar-refractivity contribution in [2.24, 2.45) is 0 Å². The van der Waals surface area contributed by atoms with Crippen molar-refractivity contribution in [2.45, 2.75) is 0 Å². The van der Waals surface area contributed by atoms with Crippen LogP contribution in [0.5, 0.6) is 5.75 Å². The van der Waals surface area contributed by atoms with E-state index < -0.39 is 0 Å². The van der Waals surface area contributed by atoms with Crippen LogP contribution in [0, 0.1) is 0 Å². The molecule has 1 nitrogen and oxygen atoms in total. The van der Waals surface area contributed by atoms with Gasteiger partial charge in [-0.15, -0.1) is 0 Å². The van der Waals surface area contributed by atoms with Gasteiger partial charge >= 0.3 is 0 Å². The summed E-state index contributed by atoms with van der Waals surface area (Å²) in [6.45, 7) is 1.95. The van der Waals surface area contributed by atoms with E-state index in [0.717, 1.165) is 14.6 Å². The van der Waals surface area contributed by atoms with Crippen LogP contribution in [0.4, 0.5) is 0 Å².